The second-order valence-electron chi connectivity index (χ2n) is 4.57. The summed E-state index contributed by atoms with van der Waals surface area (Å²) in [5, 5.41) is 10.3. The van der Waals surface area contributed by atoms with Crippen LogP contribution in [-0.2, 0) is 6.61 Å². The first-order chi connectivity index (χ1) is 10.0. The van der Waals surface area contributed by atoms with Gasteiger partial charge in [-0.05, 0) is 46.1 Å². The van der Waals surface area contributed by atoms with Gasteiger partial charge in [0.1, 0.15) is 12.4 Å². The summed E-state index contributed by atoms with van der Waals surface area (Å²) >= 11 is 3.41. The van der Waals surface area contributed by atoms with E-state index in [1.54, 1.807) is 18.2 Å². The molecular weight excluding hydrogens is 334 g/mol. The summed E-state index contributed by atoms with van der Waals surface area (Å²) in [6, 6.07) is 13.5. The van der Waals surface area contributed by atoms with Gasteiger partial charge in [0, 0.05) is 6.08 Å². The molecule has 0 amide bonds. The summed E-state index contributed by atoms with van der Waals surface area (Å²) in [7, 11) is 0. The second kappa shape index (κ2) is 7.04. The summed E-state index contributed by atoms with van der Waals surface area (Å²) in [6.45, 7) is 2.52. The summed E-state index contributed by atoms with van der Waals surface area (Å²) in [6.07, 6.45) is 2.35. The van der Waals surface area contributed by atoms with Crippen LogP contribution in [0, 0.1) is 17.0 Å². The van der Waals surface area contributed by atoms with Crippen molar-refractivity contribution in [3.63, 3.8) is 0 Å². The number of hydrogen-bond acceptors (Lipinski definition) is 3. The van der Waals surface area contributed by atoms with Crippen molar-refractivity contribution in [2.45, 2.75) is 13.5 Å². The molecular formula is C16H14BrNO3. The monoisotopic (exact) mass is 347 g/mol. The Morgan fingerprint density at radius 2 is 1.95 bits per heavy atom. The first-order valence-corrected chi connectivity index (χ1v) is 7.13. The molecule has 0 bridgehead atoms. The van der Waals surface area contributed by atoms with Crippen LogP contribution >= 0.6 is 15.9 Å². The minimum Gasteiger partial charge on any atom is -0.488 e. The smallest absolute Gasteiger partial charge is 0.235 e. The van der Waals surface area contributed by atoms with Crippen LogP contribution in [0.5, 0.6) is 5.75 Å². The standard InChI is InChI=1S/C16H14BrNO3/c1-12-2-4-14(5-3-12)11-21-16-7-6-13(10-15(16)17)8-9-18(19)20/h2-10H,11H2,1H3/b9-8+. The third-order valence-electron chi connectivity index (χ3n) is 2.86. The van der Waals surface area contributed by atoms with E-state index < -0.39 is 4.92 Å². The van der Waals surface area contributed by atoms with E-state index in [9.17, 15) is 10.1 Å². The quantitative estimate of drug-likeness (QED) is 0.587. The predicted octanol–water partition coefficient (Wildman–Crippen LogP) is 4.58. The molecule has 0 heterocycles. The highest BCUT2D eigenvalue weighted by atomic mass is 79.9. The van der Waals surface area contributed by atoms with Crippen molar-refractivity contribution in [2.24, 2.45) is 0 Å². The summed E-state index contributed by atoms with van der Waals surface area (Å²) in [5.74, 6) is 0.703. The van der Waals surface area contributed by atoms with Gasteiger partial charge < -0.3 is 4.74 Å². The average molecular weight is 348 g/mol. The van der Waals surface area contributed by atoms with Crippen molar-refractivity contribution in [1.82, 2.24) is 0 Å². The van der Waals surface area contributed by atoms with Crippen LogP contribution in [0.2, 0.25) is 0 Å². The maximum Gasteiger partial charge on any atom is 0.235 e. The van der Waals surface area contributed by atoms with Crippen LogP contribution in [0.15, 0.2) is 53.1 Å². The molecule has 0 fully saturated rings. The fourth-order valence-corrected chi connectivity index (χ4v) is 2.24. The largest absolute Gasteiger partial charge is 0.488 e. The molecule has 0 aliphatic carbocycles. The number of benzene rings is 2. The van der Waals surface area contributed by atoms with Crippen LogP contribution in [0.25, 0.3) is 6.08 Å². The number of ether oxygens (including phenoxy) is 1. The number of nitro groups is 1. The third-order valence-corrected chi connectivity index (χ3v) is 3.48. The molecule has 0 saturated carbocycles. The Balaban J connectivity index is 2.04. The molecule has 0 radical (unpaired) electrons. The molecule has 2 aromatic carbocycles. The molecule has 2 aromatic rings. The van der Waals surface area contributed by atoms with Gasteiger partial charge in [0.15, 0.2) is 0 Å². The lowest BCUT2D eigenvalue weighted by Gasteiger charge is -2.09. The minimum atomic E-state index is -0.490. The lowest BCUT2D eigenvalue weighted by Crippen LogP contribution is -1.96. The SMILES string of the molecule is Cc1ccc(COc2ccc(/C=C/[N+](=O)[O-])cc2Br)cc1. The van der Waals surface area contributed by atoms with Crippen molar-refractivity contribution < 1.29 is 9.66 Å². The zero-order chi connectivity index (χ0) is 15.2. The van der Waals surface area contributed by atoms with Gasteiger partial charge in [-0.25, -0.2) is 0 Å². The van der Waals surface area contributed by atoms with E-state index in [1.807, 2.05) is 31.2 Å². The van der Waals surface area contributed by atoms with E-state index in [1.165, 1.54) is 11.6 Å². The van der Waals surface area contributed by atoms with Gasteiger partial charge >= 0.3 is 0 Å². The Morgan fingerprint density at radius 1 is 1.24 bits per heavy atom. The second-order valence-corrected chi connectivity index (χ2v) is 5.42. The molecule has 2 rings (SSSR count). The molecule has 0 N–H and O–H groups in total. The van der Waals surface area contributed by atoms with Gasteiger partial charge in [-0.3, -0.25) is 10.1 Å². The highest BCUT2D eigenvalue weighted by Gasteiger charge is 2.03. The molecule has 0 atom stereocenters. The number of hydrogen-bond donors (Lipinski definition) is 0. The van der Waals surface area contributed by atoms with Crippen LogP contribution in [0.4, 0.5) is 0 Å². The predicted molar refractivity (Wildman–Crippen MR) is 85.7 cm³/mol. The van der Waals surface area contributed by atoms with E-state index in [2.05, 4.69) is 15.9 Å². The number of halogens is 1. The van der Waals surface area contributed by atoms with Gasteiger partial charge in [0.2, 0.25) is 6.20 Å². The topological polar surface area (TPSA) is 52.4 Å². The summed E-state index contributed by atoms with van der Waals surface area (Å²) < 4.78 is 6.50. The Bertz CT molecular complexity index is 666. The molecule has 4 nitrogen and oxygen atoms in total. The number of nitrogens with zero attached hydrogens (tertiary/aromatic N) is 1. The van der Waals surface area contributed by atoms with Gasteiger partial charge in [-0.2, -0.15) is 0 Å². The van der Waals surface area contributed by atoms with Crippen LogP contribution in [0.3, 0.4) is 0 Å². The van der Waals surface area contributed by atoms with E-state index >= 15 is 0 Å². The molecule has 21 heavy (non-hydrogen) atoms. The molecule has 0 aliphatic heterocycles. The lowest BCUT2D eigenvalue weighted by atomic mass is 10.2. The van der Waals surface area contributed by atoms with Crippen LogP contribution in [-0.4, -0.2) is 4.92 Å². The summed E-state index contributed by atoms with van der Waals surface area (Å²) in [4.78, 5) is 9.80. The van der Waals surface area contributed by atoms with Crippen LogP contribution in [0.1, 0.15) is 16.7 Å². The Morgan fingerprint density at radius 3 is 2.57 bits per heavy atom. The van der Waals surface area contributed by atoms with Crippen molar-refractivity contribution in [3.05, 3.63) is 79.9 Å². The fraction of sp³-hybridized carbons (Fsp3) is 0.125. The molecule has 5 heteroatoms. The Hall–Kier alpha value is -2.14. The highest BCUT2D eigenvalue weighted by molar-refractivity contribution is 9.10. The molecule has 0 saturated heterocycles. The first kappa shape index (κ1) is 15.3. The number of rotatable bonds is 5. The molecule has 0 aromatic heterocycles. The van der Waals surface area contributed by atoms with E-state index in [4.69, 9.17) is 4.74 Å². The van der Waals surface area contributed by atoms with Gasteiger partial charge in [-0.1, -0.05) is 35.9 Å². The normalized spacial score (nSPS) is 10.8. The van der Waals surface area contributed by atoms with Gasteiger partial charge in [0.05, 0.1) is 9.40 Å². The van der Waals surface area contributed by atoms with Crippen molar-refractivity contribution in [1.29, 1.82) is 0 Å². The highest BCUT2D eigenvalue weighted by Crippen LogP contribution is 2.27. The maximum absolute atomic E-state index is 10.3. The van der Waals surface area contributed by atoms with Gasteiger partial charge in [-0.15, -0.1) is 0 Å². The Kier molecular flexibility index (Phi) is 5.11. The molecule has 0 spiro atoms. The number of aryl methyl sites for hydroxylation is 1. The van der Waals surface area contributed by atoms with E-state index in [0.717, 1.165) is 21.8 Å². The zero-order valence-electron chi connectivity index (χ0n) is 11.5. The molecule has 108 valence electrons. The van der Waals surface area contributed by atoms with E-state index in [0.29, 0.717) is 12.4 Å². The van der Waals surface area contributed by atoms with E-state index in [-0.39, 0.29) is 0 Å². The molecule has 0 aliphatic rings. The van der Waals surface area contributed by atoms with Crippen molar-refractivity contribution in [3.8, 4) is 5.75 Å². The minimum absolute atomic E-state index is 0.475. The Labute approximate surface area is 131 Å². The zero-order valence-corrected chi connectivity index (χ0v) is 13.0. The summed E-state index contributed by atoms with van der Waals surface area (Å²) in [5.41, 5.74) is 3.04. The molecule has 0 unspecified atom stereocenters. The third kappa shape index (κ3) is 4.72. The van der Waals surface area contributed by atoms with Crippen molar-refractivity contribution >= 4 is 22.0 Å². The fourth-order valence-electron chi connectivity index (χ4n) is 1.73. The van der Waals surface area contributed by atoms with Crippen molar-refractivity contribution in [2.75, 3.05) is 0 Å². The van der Waals surface area contributed by atoms with Crippen LogP contribution < -0.4 is 4.74 Å². The average Bonchev–Trinajstić information content (AvgIpc) is 2.46. The van der Waals surface area contributed by atoms with Gasteiger partial charge in [0.25, 0.3) is 0 Å². The first-order valence-electron chi connectivity index (χ1n) is 6.34. The lowest BCUT2D eigenvalue weighted by molar-refractivity contribution is -0.400. The maximum atomic E-state index is 10.3.